The lowest BCUT2D eigenvalue weighted by atomic mass is 9.68. The van der Waals surface area contributed by atoms with Crippen LogP contribution in [0.1, 0.15) is 92.8 Å². The predicted octanol–water partition coefficient (Wildman–Crippen LogP) is 17.1. The van der Waals surface area contributed by atoms with Crippen molar-refractivity contribution in [3.05, 3.63) is 201 Å². The summed E-state index contributed by atoms with van der Waals surface area (Å²) in [5.74, 6) is 2.22. The molecule has 0 atom stereocenters. The number of imidazole rings is 2. The zero-order valence-electron chi connectivity index (χ0n) is 44.6. The molecule has 0 saturated carbocycles. The molecule has 6 nitrogen and oxygen atoms in total. The highest BCUT2D eigenvalue weighted by molar-refractivity contribution is 7.11. The van der Waals surface area contributed by atoms with Gasteiger partial charge in [-0.15, -0.1) is 22.7 Å². The first-order chi connectivity index (χ1) is 35.0. The number of benzene rings is 4. The van der Waals surface area contributed by atoms with Gasteiger partial charge in [-0.2, -0.15) is 0 Å². The van der Waals surface area contributed by atoms with E-state index in [4.69, 9.17) is 9.97 Å². The molecule has 0 bridgehead atoms. The van der Waals surface area contributed by atoms with Gasteiger partial charge >= 0.3 is 0 Å². The molecule has 12 rings (SSSR count). The van der Waals surface area contributed by atoms with Gasteiger partial charge in [-0.3, -0.25) is 9.59 Å². The van der Waals surface area contributed by atoms with E-state index >= 15 is 0 Å². The van der Waals surface area contributed by atoms with Crippen LogP contribution in [0, 0.1) is 21.7 Å². The van der Waals surface area contributed by atoms with E-state index in [-0.39, 0.29) is 33.2 Å². The van der Waals surface area contributed by atoms with E-state index in [0.717, 1.165) is 90.1 Å². The average molecular weight is 1010 g/mol. The van der Waals surface area contributed by atoms with Crippen LogP contribution in [0.25, 0.3) is 67.8 Å². The van der Waals surface area contributed by atoms with Crippen LogP contribution in [0.3, 0.4) is 0 Å². The molecular weight excluding hydrogens is 945 g/mol. The Morgan fingerprint density at radius 2 is 0.649 bits per heavy atom. The van der Waals surface area contributed by atoms with Crippen molar-refractivity contribution >= 4 is 34.2 Å². The molecule has 8 aromatic rings. The van der Waals surface area contributed by atoms with Gasteiger partial charge in [0.1, 0.15) is 22.7 Å². The third-order valence-electron chi connectivity index (χ3n) is 14.9. The summed E-state index contributed by atoms with van der Waals surface area (Å²) in [4.78, 5) is 41.0. The van der Waals surface area contributed by atoms with Crippen molar-refractivity contribution in [3.63, 3.8) is 0 Å². The molecule has 74 heavy (non-hydrogen) atoms. The Labute approximate surface area is 444 Å². The fraction of sp³-hybridized carbons (Fsp3) is 0.273. The first kappa shape index (κ1) is 49.2. The van der Waals surface area contributed by atoms with Crippen LogP contribution >= 0.6 is 22.7 Å². The molecule has 0 saturated heterocycles. The number of nitrogens with zero attached hydrogens (tertiary/aromatic N) is 4. The number of carbonyl (C=O) groups excluding carboxylic acids is 2. The Hall–Kier alpha value is -7.00. The van der Waals surface area contributed by atoms with Gasteiger partial charge in [-0.05, 0) is 68.9 Å². The number of thiophene rings is 2. The number of allylic oxidation sites excluding steroid dienone is 8. The molecule has 2 aliphatic heterocycles. The van der Waals surface area contributed by atoms with Gasteiger partial charge in [-0.25, -0.2) is 9.97 Å². The van der Waals surface area contributed by atoms with Crippen molar-refractivity contribution in [3.8, 4) is 67.8 Å². The van der Waals surface area contributed by atoms with Crippen LogP contribution in [-0.2, 0) is 20.7 Å². The monoisotopic (exact) mass is 1010 g/mol. The van der Waals surface area contributed by atoms with Crippen LogP contribution in [0.2, 0.25) is 0 Å². The van der Waals surface area contributed by atoms with Crippen molar-refractivity contribution in [1.29, 1.82) is 0 Å². The summed E-state index contributed by atoms with van der Waals surface area (Å²) in [7, 11) is 0. The molecule has 0 N–H and O–H groups in total. The Balaban J connectivity index is 0.000000159. The standard InChI is InChI=1S/2C33H32N2OS/c2*1-31(2,3)24-19-33(20-25(28(24)36)32(4,5)6)29-23(17-18-37-29)30-34-26(21-13-9-7-10-14-21)27(35(30)33)22-15-11-8-12-16-22/h2*7-20H,1-6H3. The Morgan fingerprint density at radius 3 is 0.919 bits per heavy atom. The maximum Gasteiger partial charge on any atom is 0.185 e. The second-order valence-electron chi connectivity index (χ2n) is 24.3. The van der Waals surface area contributed by atoms with Gasteiger partial charge in [-0.1, -0.05) is 204 Å². The van der Waals surface area contributed by atoms with Crippen LogP contribution < -0.4 is 0 Å². The van der Waals surface area contributed by atoms with Crippen molar-refractivity contribution in [2.75, 3.05) is 0 Å². The van der Waals surface area contributed by atoms with Crippen LogP contribution in [0.5, 0.6) is 0 Å². The third kappa shape index (κ3) is 7.78. The predicted molar refractivity (Wildman–Crippen MR) is 307 cm³/mol. The molecular formula is C66H64N4O2S2. The van der Waals surface area contributed by atoms with E-state index in [2.05, 4.69) is 236 Å². The Kier molecular flexibility index (Phi) is 11.5. The molecule has 2 aliphatic carbocycles. The highest BCUT2D eigenvalue weighted by Gasteiger charge is 2.52. The van der Waals surface area contributed by atoms with Crippen LogP contribution in [0.4, 0.5) is 0 Å². The normalized spacial score (nSPS) is 16.4. The molecule has 0 radical (unpaired) electrons. The lowest BCUT2D eigenvalue weighted by molar-refractivity contribution is -0.115. The van der Waals surface area contributed by atoms with Crippen molar-refractivity contribution < 1.29 is 9.59 Å². The zero-order valence-corrected chi connectivity index (χ0v) is 46.2. The number of carbonyl (C=O) groups is 2. The second kappa shape index (κ2) is 17.3. The van der Waals surface area contributed by atoms with E-state index in [1.807, 2.05) is 24.3 Å². The number of Topliss-reactive ketones (excluding diaryl/α,β-unsaturated/α-hetero) is 2. The molecule has 2 spiro atoms. The van der Waals surface area contributed by atoms with E-state index in [9.17, 15) is 9.59 Å². The minimum atomic E-state index is -0.622. The number of hydrogen-bond acceptors (Lipinski definition) is 6. The number of rotatable bonds is 4. The largest absolute Gasteiger partial charge is 0.305 e. The summed E-state index contributed by atoms with van der Waals surface area (Å²) < 4.78 is 4.80. The first-order valence-electron chi connectivity index (χ1n) is 25.7. The average Bonchev–Trinajstić information content (AvgIpc) is 4.22. The molecule has 4 aliphatic rings. The fourth-order valence-corrected chi connectivity index (χ4v) is 13.3. The number of aromatic nitrogens is 4. The van der Waals surface area contributed by atoms with Crippen LogP contribution in [0.15, 0.2) is 191 Å². The number of fused-ring (bicyclic) bond motifs is 10. The summed E-state index contributed by atoms with van der Waals surface area (Å²) in [6, 6.07) is 46.3. The minimum absolute atomic E-state index is 0.154. The highest BCUT2D eigenvalue weighted by Crippen LogP contribution is 2.59. The minimum Gasteiger partial charge on any atom is -0.305 e. The summed E-state index contributed by atoms with van der Waals surface area (Å²) in [5, 5.41) is 4.31. The summed E-state index contributed by atoms with van der Waals surface area (Å²) in [5.41, 5.74) is 11.8. The molecule has 8 heteroatoms. The SMILES string of the molecule is CC(C)(C)C1=CC2(C=C(C(C)(C)C)C1=O)c1sccc1-c1nc(-c3ccccc3)c(-c3ccccc3)n12.CC(C)(C)C1=CC2(C=C(C(C)(C)C)C1=O)c1sccc1-c1nc(-c3ccccc3)c(-c3ccccc3)n12. The molecule has 0 unspecified atom stereocenters. The van der Waals surface area contributed by atoms with E-state index < -0.39 is 11.1 Å². The summed E-state index contributed by atoms with van der Waals surface area (Å²) >= 11 is 3.50. The van der Waals surface area contributed by atoms with E-state index in [1.165, 1.54) is 9.75 Å². The lowest BCUT2D eigenvalue weighted by Gasteiger charge is -2.39. The number of ketones is 2. The zero-order chi connectivity index (χ0) is 52.3. The summed E-state index contributed by atoms with van der Waals surface area (Å²) in [6.07, 6.45) is 8.94. The van der Waals surface area contributed by atoms with Crippen molar-refractivity contribution in [1.82, 2.24) is 19.1 Å². The second-order valence-corrected chi connectivity index (χ2v) is 26.1. The third-order valence-corrected chi connectivity index (χ3v) is 17.0. The van der Waals surface area contributed by atoms with Crippen LogP contribution in [-0.4, -0.2) is 30.7 Å². The smallest absolute Gasteiger partial charge is 0.185 e. The summed E-state index contributed by atoms with van der Waals surface area (Å²) in [6.45, 7) is 25.7. The topological polar surface area (TPSA) is 69.8 Å². The molecule has 6 heterocycles. The molecule has 372 valence electrons. The van der Waals surface area contributed by atoms with Gasteiger partial charge in [0, 0.05) is 65.4 Å². The van der Waals surface area contributed by atoms with Gasteiger partial charge in [0.15, 0.2) is 11.6 Å². The quantitative estimate of drug-likeness (QED) is 0.176. The van der Waals surface area contributed by atoms with Crippen molar-refractivity contribution in [2.24, 2.45) is 21.7 Å². The molecule has 4 aromatic carbocycles. The molecule has 4 aromatic heterocycles. The Bertz CT molecular complexity index is 3350. The molecule has 0 amide bonds. The lowest BCUT2D eigenvalue weighted by Crippen LogP contribution is -2.38. The van der Waals surface area contributed by atoms with E-state index in [1.54, 1.807) is 22.7 Å². The van der Waals surface area contributed by atoms with Crippen molar-refractivity contribution in [2.45, 2.75) is 94.2 Å². The van der Waals surface area contributed by atoms with Gasteiger partial charge in [0.25, 0.3) is 0 Å². The Morgan fingerprint density at radius 1 is 0.378 bits per heavy atom. The maximum absolute atomic E-state index is 13.9. The molecule has 0 fully saturated rings. The highest BCUT2D eigenvalue weighted by atomic mass is 32.1. The van der Waals surface area contributed by atoms with E-state index in [0.29, 0.717) is 0 Å². The first-order valence-corrected chi connectivity index (χ1v) is 27.5. The maximum atomic E-state index is 13.9. The van der Waals surface area contributed by atoms with Gasteiger partial charge in [0.05, 0.1) is 22.8 Å². The fourth-order valence-electron chi connectivity index (χ4n) is 11.3. The number of hydrogen-bond donors (Lipinski definition) is 0. The van der Waals surface area contributed by atoms with Gasteiger partial charge < -0.3 is 9.13 Å². The van der Waals surface area contributed by atoms with Gasteiger partial charge in [0.2, 0.25) is 0 Å².